The van der Waals surface area contributed by atoms with Gasteiger partial charge in [0.25, 0.3) is 5.56 Å². The van der Waals surface area contributed by atoms with Gasteiger partial charge in [-0.2, -0.15) is 5.10 Å². The normalized spacial score (nSPS) is 11.6. The van der Waals surface area contributed by atoms with E-state index in [-0.39, 0.29) is 24.4 Å². The second-order valence-corrected chi connectivity index (χ2v) is 5.25. The van der Waals surface area contributed by atoms with Gasteiger partial charge in [0.2, 0.25) is 0 Å². The Morgan fingerprint density at radius 1 is 1.17 bits per heavy atom. The molecule has 0 spiro atoms. The van der Waals surface area contributed by atoms with Gasteiger partial charge in [0.15, 0.2) is 0 Å². The van der Waals surface area contributed by atoms with Crippen molar-refractivity contribution in [2.45, 2.75) is 26.4 Å². The maximum atomic E-state index is 11.3. The third-order valence-electron chi connectivity index (χ3n) is 3.11. The Hall–Kier alpha value is -2.96. The number of hydrogen-bond donors (Lipinski definition) is 1. The molecular weight excluding hydrogens is 312 g/mol. The third kappa shape index (κ3) is 5.05. The Bertz CT molecular complexity index is 748. The lowest BCUT2D eigenvalue weighted by Gasteiger charge is -2.18. The molecule has 1 unspecified atom stereocenters. The number of nitrogens with zero attached hydrogens (tertiary/aromatic N) is 1. The Morgan fingerprint density at radius 2 is 1.92 bits per heavy atom. The molecule has 24 heavy (non-hydrogen) atoms. The van der Waals surface area contributed by atoms with Gasteiger partial charge in [-0.05, 0) is 25.1 Å². The first-order valence-corrected chi connectivity index (χ1v) is 7.40. The molecule has 1 N–H and O–H groups in total. The lowest BCUT2D eigenvalue weighted by Crippen LogP contribution is -2.26. The van der Waals surface area contributed by atoms with Crippen LogP contribution in [0.1, 0.15) is 20.3 Å². The summed E-state index contributed by atoms with van der Waals surface area (Å²) in [5.41, 5.74) is 0.924. The average molecular weight is 330 g/mol. The van der Waals surface area contributed by atoms with Crippen molar-refractivity contribution in [3.8, 4) is 17.0 Å². The minimum atomic E-state index is -0.656. The van der Waals surface area contributed by atoms with Gasteiger partial charge in [0, 0.05) is 25.0 Å². The standard InChI is InChI=1S/C17H18N2O5/c1-11(20)9-13(24-12(2)21)10-23-16-6-4-3-5-14(16)15-7-8-17(22)19-18-15/h3-8,13H,9-10H2,1-2H3,(H,19,22). The third-order valence-corrected chi connectivity index (χ3v) is 3.11. The molecule has 7 nitrogen and oxygen atoms in total. The van der Waals surface area contributed by atoms with E-state index in [1.54, 1.807) is 24.3 Å². The van der Waals surface area contributed by atoms with Gasteiger partial charge in [-0.1, -0.05) is 12.1 Å². The van der Waals surface area contributed by atoms with Crippen LogP contribution in [0.2, 0.25) is 0 Å². The number of aromatic nitrogens is 2. The van der Waals surface area contributed by atoms with Gasteiger partial charge >= 0.3 is 5.97 Å². The van der Waals surface area contributed by atoms with Gasteiger partial charge < -0.3 is 9.47 Å². The molecule has 1 heterocycles. The summed E-state index contributed by atoms with van der Waals surface area (Å²) in [7, 11) is 0. The number of ketones is 1. The van der Waals surface area contributed by atoms with Crippen molar-refractivity contribution in [1.29, 1.82) is 0 Å². The SMILES string of the molecule is CC(=O)CC(COc1ccccc1-c1ccc(=O)[nH]n1)OC(C)=O. The summed E-state index contributed by atoms with van der Waals surface area (Å²) < 4.78 is 10.8. The van der Waals surface area contributed by atoms with Gasteiger partial charge in [0.1, 0.15) is 24.2 Å². The van der Waals surface area contributed by atoms with E-state index < -0.39 is 12.1 Å². The predicted molar refractivity (Wildman–Crippen MR) is 86.6 cm³/mol. The van der Waals surface area contributed by atoms with E-state index in [2.05, 4.69) is 10.2 Å². The summed E-state index contributed by atoms with van der Waals surface area (Å²) in [6, 6.07) is 10.1. The monoisotopic (exact) mass is 330 g/mol. The summed E-state index contributed by atoms with van der Waals surface area (Å²) in [4.78, 5) is 33.5. The maximum Gasteiger partial charge on any atom is 0.303 e. The van der Waals surface area contributed by atoms with Crippen LogP contribution >= 0.6 is 0 Å². The molecule has 1 aromatic carbocycles. The summed E-state index contributed by atoms with van der Waals surface area (Å²) in [5.74, 6) is -0.0568. The van der Waals surface area contributed by atoms with E-state index in [1.165, 1.54) is 19.9 Å². The second kappa shape index (κ2) is 8.05. The quantitative estimate of drug-likeness (QED) is 0.776. The molecule has 7 heteroatoms. The highest BCUT2D eigenvalue weighted by molar-refractivity contribution is 5.76. The van der Waals surface area contributed by atoms with Crippen LogP contribution < -0.4 is 10.3 Å². The molecule has 0 bridgehead atoms. The van der Waals surface area contributed by atoms with E-state index in [4.69, 9.17) is 9.47 Å². The Kier molecular flexibility index (Phi) is 5.83. The molecule has 0 saturated heterocycles. The summed E-state index contributed by atoms with van der Waals surface area (Å²) in [5, 5.41) is 6.34. The van der Waals surface area contributed by atoms with Crippen molar-refractivity contribution in [1.82, 2.24) is 10.2 Å². The van der Waals surface area contributed by atoms with Crippen molar-refractivity contribution < 1.29 is 19.1 Å². The number of nitrogens with one attached hydrogen (secondary N) is 1. The molecule has 0 aliphatic heterocycles. The molecule has 1 atom stereocenters. The van der Waals surface area contributed by atoms with Crippen LogP contribution in [0.4, 0.5) is 0 Å². The fourth-order valence-electron chi connectivity index (χ4n) is 2.17. The van der Waals surface area contributed by atoms with E-state index in [1.807, 2.05) is 6.07 Å². The van der Waals surface area contributed by atoms with Gasteiger partial charge in [0.05, 0.1) is 5.69 Å². The number of Topliss-reactive ketones (excluding diaryl/α,β-unsaturated/α-hetero) is 1. The molecule has 0 aliphatic rings. The zero-order valence-corrected chi connectivity index (χ0v) is 13.4. The van der Waals surface area contributed by atoms with Crippen LogP contribution in [0, 0.1) is 0 Å². The van der Waals surface area contributed by atoms with Crippen molar-refractivity contribution in [3.63, 3.8) is 0 Å². The molecule has 126 valence electrons. The zero-order chi connectivity index (χ0) is 17.5. The second-order valence-electron chi connectivity index (χ2n) is 5.25. The topological polar surface area (TPSA) is 98.4 Å². The smallest absolute Gasteiger partial charge is 0.303 e. The summed E-state index contributed by atoms with van der Waals surface area (Å²) >= 11 is 0. The van der Waals surface area contributed by atoms with Gasteiger partial charge in [-0.25, -0.2) is 5.10 Å². The first-order chi connectivity index (χ1) is 11.5. The van der Waals surface area contributed by atoms with Crippen LogP contribution in [0.3, 0.4) is 0 Å². The highest BCUT2D eigenvalue weighted by Gasteiger charge is 2.17. The van der Waals surface area contributed by atoms with Crippen LogP contribution in [0.15, 0.2) is 41.2 Å². The largest absolute Gasteiger partial charge is 0.489 e. The lowest BCUT2D eigenvalue weighted by molar-refractivity contribution is -0.149. The number of esters is 1. The van der Waals surface area contributed by atoms with Crippen LogP contribution in [0.5, 0.6) is 5.75 Å². The molecule has 0 fully saturated rings. The molecule has 0 saturated carbocycles. The van der Waals surface area contributed by atoms with Crippen molar-refractivity contribution in [3.05, 3.63) is 46.8 Å². The number of aromatic amines is 1. The number of carbonyl (C=O) groups is 2. The maximum absolute atomic E-state index is 11.3. The molecule has 0 aliphatic carbocycles. The molecule has 0 amide bonds. The summed E-state index contributed by atoms with van der Waals surface area (Å²) in [6.45, 7) is 2.75. The number of H-pyrrole nitrogens is 1. The first-order valence-electron chi connectivity index (χ1n) is 7.40. The number of rotatable bonds is 7. The van der Waals surface area contributed by atoms with E-state index in [9.17, 15) is 14.4 Å². The highest BCUT2D eigenvalue weighted by Crippen LogP contribution is 2.27. The molecule has 2 rings (SSSR count). The number of hydrogen-bond acceptors (Lipinski definition) is 6. The lowest BCUT2D eigenvalue weighted by atomic mass is 10.1. The van der Waals surface area contributed by atoms with Crippen LogP contribution in [-0.2, 0) is 14.3 Å². The summed E-state index contributed by atoms with van der Waals surface area (Å²) in [6.07, 6.45) is -0.574. The van der Waals surface area contributed by atoms with Gasteiger partial charge in [-0.15, -0.1) is 0 Å². The fourth-order valence-corrected chi connectivity index (χ4v) is 2.17. The molecule has 2 aromatic rings. The van der Waals surface area contributed by atoms with Crippen molar-refractivity contribution >= 4 is 11.8 Å². The number of para-hydroxylation sites is 1. The minimum absolute atomic E-state index is 0.0412. The predicted octanol–water partition coefficient (Wildman–Crippen LogP) is 1.73. The van der Waals surface area contributed by atoms with Crippen LogP contribution in [-0.4, -0.2) is 34.7 Å². The van der Waals surface area contributed by atoms with Crippen molar-refractivity contribution in [2.75, 3.05) is 6.61 Å². The molecular formula is C17H18N2O5. The Morgan fingerprint density at radius 3 is 2.54 bits per heavy atom. The number of ether oxygens (including phenoxy) is 2. The molecule has 1 aromatic heterocycles. The van der Waals surface area contributed by atoms with Gasteiger partial charge in [-0.3, -0.25) is 14.4 Å². The highest BCUT2D eigenvalue weighted by atomic mass is 16.6. The van der Waals surface area contributed by atoms with Crippen LogP contribution in [0.25, 0.3) is 11.3 Å². The Labute approximate surface area is 138 Å². The zero-order valence-electron chi connectivity index (χ0n) is 13.4. The Balaban J connectivity index is 2.17. The number of benzene rings is 1. The number of carbonyl (C=O) groups excluding carboxylic acids is 2. The van der Waals surface area contributed by atoms with Crippen molar-refractivity contribution in [2.24, 2.45) is 0 Å². The van der Waals surface area contributed by atoms with E-state index in [0.717, 1.165) is 0 Å². The average Bonchev–Trinajstić information content (AvgIpc) is 2.53. The van der Waals surface area contributed by atoms with E-state index >= 15 is 0 Å². The first kappa shape index (κ1) is 17.4. The molecule has 0 radical (unpaired) electrons. The van der Waals surface area contributed by atoms with E-state index in [0.29, 0.717) is 17.0 Å². The minimum Gasteiger partial charge on any atom is -0.489 e. The fraction of sp³-hybridized carbons (Fsp3) is 0.294.